The van der Waals surface area contributed by atoms with Crippen LogP contribution < -0.4 is 15.8 Å². The summed E-state index contributed by atoms with van der Waals surface area (Å²) >= 11 is 0. The molecule has 1 aliphatic carbocycles. The molecule has 7 heteroatoms. The van der Waals surface area contributed by atoms with Crippen LogP contribution in [0.25, 0.3) is 0 Å². The average Bonchev–Trinajstić information content (AvgIpc) is 2.48. The predicted molar refractivity (Wildman–Crippen MR) is 81.3 cm³/mol. The van der Waals surface area contributed by atoms with Gasteiger partial charge in [-0.3, -0.25) is 4.79 Å². The Morgan fingerprint density at radius 2 is 1.71 bits per heavy atom. The second-order valence-electron chi connectivity index (χ2n) is 5.33. The molecule has 0 atom stereocenters. The molecule has 2 rings (SSSR count). The number of carbonyl (C=O) groups excluding carboxylic acids is 1. The van der Waals surface area contributed by atoms with Crippen LogP contribution in [0.2, 0.25) is 0 Å². The van der Waals surface area contributed by atoms with E-state index in [0.29, 0.717) is 5.69 Å². The quantitative estimate of drug-likeness (QED) is 0.773. The van der Waals surface area contributed by atoms with Gasteiger partial charge in [-0.2, -0.15) is 0 Å². The minimum Gasteiger partial charge on any atom is -0.328 e. The van der Waals surface area contributed by atoms with E-state index in [0.717, 1.165) is 25.7 Å². The third-order valence-corrected chi connectivity index (χ3v) is 5.27. The minimum absolute atomic E-state index is 0.00878. The van der Waals surface area contributed by atoms with Crippen molar-refractivity contribution in [3.8, 4) is 0 Å². The summed E-state index contributed by atoms with van der Waals surface area (Å²) in [7, 11) is -2.09. The number of rotatable bonds is 4. The van der Waals surface area contributed by atoms with Crippen LogP contribution in [0.4, 0.5) is 5.69 Å². The van der Waals surface area contributed by atoms with Crippen molar-refractivity contribution >= 4 is 21.6 Å². The van der Waals surface area contributed by atoms with Crippen LogP contribution in [0.3, 0.4) is 0 Å². The lowest BCUT2D eigenvalue weighted by atomic mass is 9.86. The van der Waals surface area contributed by atoms with Crippen LogP contribution in [0.1, 0.15) is 25.7 Å². The van der Waals surface area contributed by atoms with Crippen LogP contribution in [-0.4, -0.2) is 27.4 Å². The molecule has 0 aromatic heterocycles. The molecule has 0 saturated heterocycles. The molecule has 21 heavy (non-hydrogen) atoms. The Labute approximate surface area is 125 Å². The van der Waals surface area contributed by atoms with Gasteiger partial charge in [0.2, 0.25) is 15.9 Å². The van der Waals surface area contributed by atoms with Crippen LogP contribution in [0, 0.1) is 5.92 Å². The fourth-order valence-electron chi connectivity index (χ4n) is 2.46. The van der Waals surface area contributed by atoms with Crippen LogP contribution in [0.15, 0.2) is 29.2 Å². The predicted octanol–water partition coefficient (Wildman–Crippen LogP) is 1.05. The summed E-state index contributed by atoms with van der Waals surface area (Å²) < 4.78 is 25.5. The highest BCUT2D eigenvalue weighted by molar-refractivity contribution is 7.89. The van der Waals surface area contributed by atoms with Crippen molar-refractivity contribution in [3.05, 3.63) is 24.3 Å². The Morgan fingerprint density at radius 3 is 2.24 bits per heavy atom. The maximum atomic E-state index is 12.1. The van der Waals surface area contributed by atoms with Gasteiger partial charge in [0.25, 0.3) is 0 Å². The summed E-state index contributed by atoms with van der Waals surface area (Å²) in [6.07, 6.45) is 3.35. The van der Waals surface area contributed by atoms with Crippen molar-refractivity contribution < 1.29 is 13.2 Å². The normalized spacial score (nSPS) is 22.8. The maximum absolute atomic E-state index is 12.1. The largest absolute Gasteiger partial charge is 0.328 e. The molecular formula is C14H21N3O3S. The molecule has 1 aromatic rings. The number of nitrogens with one attached hydrogen (secondary N) is 2. The molecular weight excluding hydrogens is 290 g/mol. The SMILES string of the molecule is CNS(=O)(=O)c1ccc(NC(=O)C2CCC(N)CC2)cc1. The Kier molecular flexibility index (Phi) is 4.97. The van der Waals surface area contributed by atoms with Crippen LogP contribution in [-0.2, 0) is 14.8 Å². The Hall–Kier alpha value is -1.44. The van der Waals surface area contributed by atoms with E-state index in [1.54, 1.807) is 12.1 Å². The van der Waals surface area contributed by atoms with Gasteiger partial charge in [-0.15, -0.1) is 0 Å². The molecule has 1 amide bonds. The number of amides is 1. The lowest BCUT2D eigenvalue weighted by molar-refractivity contribution is -0.120. The van der Waals surface area contributed by atoms with Crippen LogP contribution in [0.5, 0.6) is 0 Å². The zero-order valence-corrected chi connectivity index (χ0v) is 12.8. The van der Waals surface area contributed by atoms with Gasteiger partial charge < -0.3 is 11.1 Å². The molecule has 0 heterocycles. The molecule has 4 N–H and O–H groups in total. The van der Waals surface area contributed by atoms with Crippen molar-refractivity contribution in [1.29, 1.82) is 0 Å². The van der Waals surface area contributed by atoms with Crippen molar-refractivity contribution in [2.75, 3.05) is 12.4 Å². The minimum atomic E-state index is -3.45. The van der Waals surface area contributed by atoms with E-state index in [4.69, 9.17) is 5.73 Å². The molecule has 0 unspecified atom stereocenters. The Morgan fingerprint density at radius 1 is 1.14 bits per heavy atom. The molecule has 1 aromatic carbocycles. The molecule has 0 radical (unpaired) electrons. The topological polar surface area (TPSA) is 101 Å². The van der Waals surface area contributed by atoms with Gasteiger partial charge >= 0.3 is 0 Å². The summed E-state index contributed by atoms with van der Waals surface area (Å²) in [4.78, 5) is 12.3. The lowest BCUT2D eigenvalue weighted by Crippen LogP contribution is -2.32. The molecule has 0 spiro atoms. The fraction of sp³-hybridized carbons (Fsp3) is 0.500. The first kappa shape index (κ1) is 15.9. The van der Waals surface area contributed by atoms with E-state index in [1.807, 2.05) is 0 Å². The summed E-state index contributed by atoms with van der Waals surface area (Å²) in [5.41, 5.74) is 6.43. The Bertz CT molecular complexity index is 590. The average molecular weight is 311 g/mol. The molecule has 1 saturated carbocycles. The number of hydrogen-bond acceptors (Lipinski definition) is 4. The standard InChI is InChI=1S/C14H21N3O3S/c1-16-21(19,20)13-8-6-12(7-9-13)17-14(18)10-2-4-11(15)5-3-10/h6-11,16H,2-5,15H2,1H3,(H,17,18). The lowest BCUT2D eigenvalue weighted by Gasteiger charge is -2.25. The highest BCUT2D eigenvalue weighted by Crippen LogP contribution is 2.24. The van der Waals surface area contributed by atoms with Gasteiger partial charge in [0.05, 0.1) is 4.90 Å². The van der Waals surface area contributed by atoms with Gasteiger partial charge in [0, 0.05) is 17.6 Å². The highest BCUT2D eigenvalue weighted by Gasteiger charge is 2.24. The maximum Gasteiger partial charge on any atom is 0.240 e. The van der Waals surface area contributed by atoms with Crippen molar-refractivity contribution in [2.24, 2.45) is 11.7 Å². The van der Waals surface area contributed by atoms with E-state index in [1.165, 1.54) is 19.2 Å². The van der Waals surface area contributed by atoms with Gasteiger partial charge in [0.1, 0.15) is 0 Å². The summed E-state index contributed by atoms with van der Waals surface area (Å²) in [5.74, 6) is -0.0309. The van der Waals surface area contributed by atoms with Crippen molar-refractivity contribution in [2.45, 2.75) is 36.6 Å². The van der Waals surface area contributed by atoms with Gasteiger partial charge in [-0.25, -0.2) is 13.1 Å². The third kappa shape index (κ3) is 4.03. The molecule has 116 valence electrons. The molecule has 0 aliphatic heterocycles. The second kappa shape index (κ2) is 6.55. The number of benzene rings is 1. The van der Waals surface area contributed by atoms with Crippen molar-refractivity contribution in [3.63, 3.8) is 0 Å². The van der Waals surface area contributed by atoms with Crippen molar-refractivity contribution in [1.82, 2.24) is 4.72 Å². The van der Waals surface area contributed by atoms with E-state index in [9.17, 15) is 13.2 Å². The van der Waals surface area contributed by atoms with Gasteiger partial charge in [0.15, 0.2) is 0 Å². The smallest absolute Gasteiger partial charge is 0.240 e. The third-order valence-electron chi connectivity index (χ3n) is 3.84. The number of carbonyl (C=O) groups is 1. The number of anilines is 1. The summed E-state index contributed by atoms with van der Waals surface area (Å²) in [6, 6.07) is 6.34. The second-order valence-corrected chi connectivity index (χ2v) is 7.22. The summed E-state index contributed by atoms with van der Waals surface area (Å²) in [5, 5.41) is 2.83. The molecule has 1 aliphatic rings. The monoisotopic (exact) mass is 311 g/mol. The van der Waals surface area contributed by atoms with E-state index in [2.05, 4.69) is 10.0 Å². The van der Waals surface area contributed by atoms with E-state index < -0.39 is 10.0 Å². The highest BCUT2D eigenvalue weighted by atomic mass is 32.2. The number of sulfonamides is 1. The first-order valence-corrected chi connectivity index (χ1v) is 8.51. The number of nitrogens with two attached hydrogens (primary N) is 1. The van der Waals surface area contributed by atoms with Gasteiger partial charge in [-0.05, 0) is 57.0 Å². The van der Waals surface area contributed by atoms with Crippen LogP contribution >= 0.6 is 0 Å². The summed E-state index contributed by atoms with van der Waals surface area (Å²) in [6.45, 7) is 0. The van der Waals surface area contributed by atoms with E-state index >= 15 is 0 Å². The Balaban J connectivity index is 1.99. The fourth-order valence-corrected chi connectivity index (χ4v) is 3.19. The van der Waals surface area contributed by atoms with E-state index in [-0.39, 0.29) is 22.8 Å². The van der Waals surface area contributed by atoms with Gasteiger partial charge in [-0.1, -0.05) is 0 Å². The molecule has 0 bridgehead atoms. The zero-order chi connectivity index (χ0) is 15.5. The first-order chi connectivity index (χ1) is 9.92. The first-order valence-electron chi connectivity index (χ1n) is 7.02. The zero-order valence-electron chi connectivity index (χ0n) is 12.0. The molecule has 6 nitrogen and oxygen atoms in total. The number of hydrogen-bond donors (Lipinski definition) is 3. The molecule has 1 fully saturated rings.